The summed E-state index contributed by atoms with van der Waals surface area (Å²) in [5.41, 5.74) is 5.23. The lowest BCUT2D eigenvalue weighted by molar-refractivity contribution is -0.138. The number of carbonyl (C=O) groups excluding carboxylic acids is 3. The zero-order valence-corrected chi connectivity index (χ0v) is 32.4. The van der Waals surface area contributed by atoms with Crippen molar-refractivity contribution in [3.63, 3.8) is 0 Å². The van der Waals surface area contributed by atoms with Crippen LogP contribution in [0.1, 0.15) is 85.0 Å². The number of nitrogens with zero attached hydrogens (tertiary/aromatic N) is 7. The second-order valence-electron chi connectivity index (χ2n) is 15.0. The minimum absolute atomic E-state index is 0.126. The Morgan fingerprint density at radius 1 is 0.944 bits per heavy atom. The van der Waals surface area contributed by atoms with Crippen molar-refractivity contribution >= 4 is 50.2 Å². The fourth-order valence-electron chi connectivity index (χ4n) is 8.19. The number of hydrogen-bond acceptors (Lipinski definition) is 9. The molecule has 12 nitrogen and oxygen atoms in total. The van der Waals surface area contributed by atoms with E-state index in [9.17, 15) is 14.4 Å². The van der Waals surface area contributed by atoms with Crippen molar-refractivity contribution in [3.8, 4) is 17.0 Å². The molecule has 1 saturated heterocycles. The van der Waals surface area contributed by atoms with Crippen molar-refractivity contribution in [1.82, 2.24) is 34.6 Å². The molecular weight excluding hydrogens is 748 g/mol. The molecule has 13 heteroatoms. The van der Waals surface area contributed by atoms with Crippen LogP contribution in [0.4, 0.5) is 5.82 Å². The highest BCUT2D eigenvalue weighted by molar-refractivity contribution is 9.10. The van der Waals surface area contributed by atoms with Gasteiger partial charge in [0.15, 0.2) is 5.78 Å². The van der Waals surface area contributed by atoms with E-state index in [1.165, 1.54) is 6.92 Å². The lowest BCUT2D eigenvalue weighted by atomic mass is 9.96. The Hall–Kier alpha value is -5.04. The number of piperidine rings is 1. The Bertz CT molecular complexity index is 2270. The van der Waals surface area contributed by atoms with Crippen LogP contribution in [0.25, 0.3) is 22.0 Å². The second-order valence-corrected chi connectivity index (χ2v) is 15.8. The lowest BCUT2D eigenvalue weighted by Crippen LogP contribution is -2.47. The highest BCUT2D eigenvalue weighted by Crippen LogP contribution is 2.60. The van der Waals surface area contributed by atoms with Crippen molar-refractivity contribution in [2.24, 2.45) is 5.41 Å². The highest BCUT2D eigenvalue weighted by atomic mass is 79.9. The number of Topliss-reactive ketones (excluding diaryl/α,β-unsaturated/α-hetero) is 1. The van der Waals surface area contributed by atoms with E-state index in [0.29, 0.717) is 52.7 Å². The molecule has 6 heterocycles. The first kappa shape index (κ1) is 36.0. The second kappa shape index (κ2) is 14.7. The van der Waals surface area contributed by atoms with Gasteiger partial charge in [-0.2, -0.15) is 5.10 Å². The number of amides is 2. The first-order valence-electron chi connectivity index (χ1n) is 18.8. The maximum Gasteiger partial charge on any atom is 0.248 e. The van der Waals surface area contributed by atoms with Gasteiger partial charge in [0.1, 0.15) is 34.5 Å². The number of anilines is 1. The Labute approximate surface area is 322 Å². The molecule has 2 aliphatic heterocycles. The van der Waals surface area contributed by atoms with Gasteiger partial charge in [-0.25, -0.2) is 19.9 Å². The lowest BCUT2D eigenvalue weighted by Gasteiger charge is -2.27. The molecular formula is C41H43BrN8O4. The van der Waals surface area contributed by atoms with Crippen LogP contribution in [-0.4, -0.2) is 70.9 Å². The number of benzene rings is 1. The van der Waals surface area contributed by atoms with E-state index in [4.69, 9.17) is 14.8 Å². The van der Waals surface area contributed by atoms with Gasteiger partial charge in [-0.1, -0.05) is 31.4 Å². The molecule has 5 aromatic rings. The van der Waals surface area contributed by atoms with Crippen LogP contribution >= 0.6 is 15.9 Å². The number of ketones is 1. The number of aryl methyl sites for hydroxylation is 4. The molecule has 3 atom stereocenters. The van der Waals surface area contributed by atoms with E-state index in [1.807, 2.05) is 50.2 Å². The maximum absolute atomic E-state index is 14.7. The molecule has 1 N–H and O–H groups in total. The summed E-state index contributed by atoms with van der Waals surface area (Å²) in [6, 6.07) is 12.7. The van der Waals surface area contributed by atoms with Crippen molar-refractivity contribution in [2.45, 2.75) is 97.2 Å². The number of nitrogens with one attached hydrogen (secondary N) is 1. The molecule has 54 heavy (non-hydrogen) atoms. The average Bonchev–Trinajstić information content (AvgIpc) is 3.56. The quantitative estimate of drug-likeness (QED) is 0.150. The third kappa shape index (κ3) is 7.13. The largest absolute Gasteiger partial charge is 0.477 e. The summed E-state index contributed by atoms with van der Waals surface area (Å²) >= 11 is 3.41. The van der Waals surface area contributed by atoms with Gasteiger partial charge in [-0.3, -0.25) is 19.1 Å². The summed E-state index contributed by atoms with van der Waals surface area (Å²) in [5, 5.41) is 8.50. The van der Waals surface area contributed by atoms with Crippen LogP contribution in [0.3, 0.4) is 0 Å². The SMILES string of the molecule is CC(=O)c1nn2c3c(cc(-c4cnc(C)nc4)cc13)CCCCCCCc1cccc(n1)OC[C@@]13C[C@@H](C(=O)Nc4nc(Br)ccc4C)N(C(=O)C2)[C@@H]1C3. The fraction of sp³-hybridized carbons (Fsp3) is 0.415. The first-order valence-corrected chi connectivity index (χ1v) is 19.6. The number of carbonyl (C=O) groups is 3. The predicted molar refractivity (Wildman–Crippen MR) is 207 cm³/mol. The van der Waals surface area contributed by atoms with Crippen LogP contribution in [0.2, 0.25) is 0 Å². The van der Waals surface area contributed by atoms with Crippen LogP contribution in [0.5, 0.6) is 5.88 Å². The van der Waals surface area contributed by atoms with Crippen molar-refractivity contribution in [1.29, 1.82) is 0 Å². The molecule has 3 aliphatic rings. The van der Waals surface area contributed by atoms with Crippen molar-refractivity contribution in [3.05, 3.63) is 87.8 Å². The standard InChI is InChI=1S/C41H43BrN8O4/c1-24-14-15-34(42)46-39(24)47-40(53)32-18-41-19-33(41)50(32)36(52)22-49-38-27(10-7-5-4-6-8-11-30-12-9-13-35(45-30)54-23-41)16-28(29-20-43-26(3)44-21-29)17-31(38)37(48-49)25(2)51/h9,12-17,20-21,32-33H,4-8,10-11,18-19,22-23H2,1-3H3,(H,46,47,53)/t32-,33+,41-/m0/s1. The number of ether oxygens (including phenoxy) is 1. The average molecular weight is 792 g/mol. The first-order chi connectivity index (χ1) is 26.1. The molecule has 2 fully saturated rings. The molecule has 0 spiro atoms. The number of rotatable bonds is 4. The molecule has 1 saturated carbocycles. The summed E-state index contributed by atoms with van der Waals surface area (Å²) in [5.74, 6) is 0.941. The van der Waals surface area contributed by atoms with E-state index in [2.05, 4.69) is 42.3 Å². The molecule has 1 aromatic carbocycles. The zero-order valence-electron chi connectivity index (χ0n) is 30.8. The number of fused-ring (bicyclic) bond motifs is 2. The molecule has 4 bridgehead atoms. The van der Waals surface area contributed by atoms with Gasteiger partial charge in [-0.15, -0.1) is 0 Å². The monoisotopic (exact) mass is 790 g/mol. The molecule has 0 radical (unpaired) electrons. The van der Waals surface area contributed by atoms with Gasteiger partial charge in [-0.05, 0) is 109 Å². The van der Waals surface area contributed by atoms with Gasteiger partial charge in [0.05, 0.1) is 12.1 Å². The summed E-state index contributed by atoms with van der Waals surface area (Å²) < 4.78 is 8.61. The van der Waals surface area contributed by atoms with Gasteiger partial charge in [0.2, 0.25) is 17.7 Å². The summed E-state index contributed by atoms with van der Waals surface area (Å²) in [6.07, 6.45) is 11.5. The molecule has 1 aliphatic carbocycles. The normalized spacial score (nSPS) is 21.6. The van der Waals surface area contributed by atoms with E-state index in [-0.39, 0.29) is 30.2 Å². The zero-order chi connectivity index (χ0) is 37.6. The van der Waals surface area contributed by atoms with E-state index in [0.717, 1.165) is 78.4 Å². The third-order valence-electron chi connectivity index (χ3n) is 11.1. The number of pyridine rings is 2. The molecule has 4 aromatic heterocycles. The van der Waals surface area contributed by atoms with Crippen LogP contribution < -0.4 is 10.1 Å². The van der Waals surface area contributed by atoms with E-state index in [1.54, 1.807) is 22.0 Å². The van der Waals surface area contributed by atoms with Gasteiger partial charge < -0.3 is 15.0 Å². The Balaban J connectivity index is 1.18. The highest BCUT2D eigenvalue weighted by Gasteiger charge is 2.67. The number of aromatic nitrogens is 6. The molecule has 278 valence electrons. The third-order valence-corrected chi connectivity index (χ3v) is 11.6. The summed E-state index contributed by atoms with van der Waals surface area (Å²) in [6.45, 7) is 5.44. The Morgan fingerprint density at radius 2 is 1.72 bits per heavy atom. The van der Waals surface area contributed by atoms with Gasteiger partial charge >= 0.3 is 0 Å². The van der Waals surface area contributed by atoms with Crippen LogP contribution in [-0.2, 0) is 29.0 Å². The van der Waals surface area contributed by atoms with Gasteiger partial charge in [0, 0.05) is 53.5 Å². The van der Waals surface area contributed by atoms with Crippen LogP contribution in [0.15, 0.2) is 59.5 Å². The minimum atomic E-state index is -0.754. The Morgan fingerprint density at radius 3 is 2.52 bits per heavy atom. The predicted octanol–water partition coefficient (Wildman–Crippen LogP) is 6.99. The van der Waals surface area contributed by atoms with Crippen LogP contribution in [0, 0.1) is 19.3 Å². The number of halogens is 1. The smallest absolute Gasteiger partial charge is 0.248 e. The van der Waals surface area contributed by atoms with E-state index < -0.39 is 11.5 Å². The maximum atomic E-state index is 14.7. The van der Waals surface area contributed by atoms with Crippen molar-refractivity contribution < 1.29 is 19.1 Å². The number of hydrogen-bond donors (Lipinski definition) is 1. The van der Waals surface area contributed by atoms with E-state index >= 15 is 0 Å². The molecule has 8 rings (SSSR count). The van der Waals surface area contributed by atoms with Crippen molar-refractivity contribution in [2.75, 3.05) is 11.9 Å². The topological polar surface area (TPSA) is 145 Å². The molecule has 0 unspecified atom stereocenters. The minimum Gasteiger partial charge on any atom is -0.477 e. The summed E-state index contributed by atoms with van der Waals surface area (Å²) in [4.78, 5) is 61.8. The van der Waals surface area contributed by atoms with Gasteiger partial charge in [0.25, 0.3) is 0 Å². The Kier molecular flexibility index (Phi) is 9.76. The summed E-state index contributed by atoms with van der Waals surface area (Å²) in [7, 11) is 0. The molecule has 2 amide bonds. The fourth-order valence-corrected chi connectivity index (χ4v) is 8.50.